The summed E-state index contributed by atoms with van der Waals surface area (Å²) in [6.45, 7) is 4.67. The van der Waals surface area contributed by atoms with Crippen LogP contribution in [-0.2, 0) is 23.9 Å². The predicted octanol–water partition coefficient (Wildman–Crippen LogP) is -3.82. The van der Waals surface area contributed by atoms with Crippen molar-refractivity contribution in [1.29, 1.82) is 0 Å². The van der Waals surface area contributed by atoms with E-state index in [0.717, 1.165) is 0 Å². The van der Waals surface area contributed by atoms with E-state index in [1.807, 2.05) is 0 Å². The molecule has 90 valence electrons. The molecule has 0 aromatic carbocycles. The van der Waals surface area contributed by atoms with Gasteiger partial charge >= 0.3 is 30.8 Å². The first-order chi connectivity index (χ1) is 7.43. The number of hydrogen-bond acceptors (Lipinski definition) is 6. The normalized spacial score (nSPS) is 8.76. The summed E-state index contributed by atoms with van der Waals surface area (Å²) < 4.78 is 9.22. The van der Waals surface area contributed by atoms with Crippen LogP contribution < -0.4 is 24.0 Å². The molecule has 0 unspecified atom stereocenters. The Kier molecular flexibility index (Phi) is 10.6. The third-order valence-corrected chi connectivity index (χ3v) is 1.46. The average Bonchev–Trinajstić information content (AvgIpc) is 2.20. The van der Waals surface area contributed by atoms with Crippen molar-refractivity contribution in [3.63, 3.8) is 0 Å². The van der Waals surface area contributed by atoms with Crippen molar-refractivity contribution in [3.05, 3.63) is 12.2 Å². The molecule has 0 saturated carbocycles. The Morgan fingerprint density at radius 3 is 2.12 bits per heavy atom. The third-order valence-electron chi connectivity index (χ3n) is 1.46. The molecule has 0 aliphatic rings. The van der Waals surface area contributed by atoms with Crippen LogP contribution in [0.1, 0.15) is 19.8 Å². The van der Waals surface area contributed by atoms with Gasteiger partial charge < -0.3 is 19.4 Å². The van der Waals surface area contributed by atoms with Gasteiger partial charge in [0, 0.05) is 11.5 Å². The number of rotatable bonds is 7. The first-order valence-corrected chi connectivity index (χ1v) is 4.61. The summed E-state index contributed by atoms with van der Waals surface area (Å²) in [5.41, 5.74) is 0.253. The van der Waals surface area contributed by atoms with Crippen LogP contribution in [0.5, 0.6) is 0 Å². The molecule has 0 spiro atoms. The molecule has 0 heterocycles. The summed E-state index contributed by atoms with van der Waals surface area (Å²) in [4.78, 5) is 31.7. The molecular weight excluding hydrogens is 223 g/mol. The molecule has 0 aromatic heterocycles. The summed E-state index contributed by atoms with van der Waals surface area (Å²) in [6.07, 6.45) is -0.638. The number of carboxylic acid groups (broad SMARTS) is 1. The molecule has 0 aromatic rings. The molecule has 0 atom stereocenters. The number of aliphatic carboxylic acids is 1. The number of hydrogen-bond donors (Lipinski definition) is 0. The second-order valence-electron chi connectivity index (χ2n) is 3.01. The van der Waals surface area contributed by atoms with Gasteiger partial charge in [-0.3, -0.25) is 4.79 Å². The van der Waals surface area contributed by atoms with Crippen LogP contribution in [0.15, 0.2) is 12.2 Å². The molecule has 0 bridgehead atoms. The Bertz CT molecular complexity index is 299. The standard InChI is InChI=1S/C10H14O6.Li/c1-7(2)10(14)16-6-5-15-9(13)4-3-8(11)12;/h1,3-6H2,2H3,(H,11,12);/q;+1/p-1. The molecule has 0 rings (SSSR count). The molecule has 0 aliphatic carbocycles. The Morgan fingerprint density at radius 2 is 1.65 bits per heavy atom. The number of esters is 2. The van der Waals surface area contributed by atoms with Crippen LogP contribution in [0.2, 0.25) is 0 Å². The van der Waals surface area contributed by atoms with Crippen LogP contribution in [0.3, 0.4) is 0 Å². The van der Waals surface area contributed by atoms with Crippen molar-refractivity contribution < 1.29 is 47.8 Å². The molecule has 7 heteroatoms. The fraction of sp³-hybridized carbons (Fsp3) is 0.500. The van der Waals surface area contributed by atoms with Crippen LogP contribution in [-0.4, -0.2) is 31.1 Å². The van der Waals surface area contributed by atoms with Gasteiger partial charge in [-0.25, -0.2) is 4.79 Å². The zero-order valence-electron chi connectivity index (χ0n) is 9.99. The van der Waals surface area contributed by atoms with E-state index in [-0.39, 0.29) is 50.5 Å². The van der Waals surface area contributed by atoms with Crippen molar-refractivity contribution in [2.45, 2.75) is 19.8 Å². The summed E-state index contributed by atoms with van der Waals surface area (Å²) in [7, 11) is 0. The molecule has 17 heavy (non-hydrogen) atoms. The SMILES string of the molecule is C=C(C)C(=O)OCCOC(=O)CCC(=O)[O-].[Li+]. The van der Waals surface area contributed by atoms with Crippen molar-refractivity contribution in [2.75, 3.05) is 13.2 Å². The quantitative estimate of drug-likeness (QED) is 0.195. The number of carboxylic acids is 1. The van der Waals surface area contributed by atoms with Crippen LogP contribution in [0.25, 0.3) is 0 Å². The van der Waals surface area contributed by atoms with Gasteiger partial charge in [-0.05, 0) is 13.3 Å². The van der Waals surface area contributed by atoms with Gasteiger partial charge in [0.25, 0.3) is 0 Å². The summed E-state index contributed by atoms with van der Waals surface area (Å²) >= 11 is 0. The maximum atomic E-state index is 10.9. The van der Waals surface area contributed by atoms with E-state index >= 15 is 0 Å². The Balaban J connectivity index is 0. The zero-order chi connectivity index (χ0) is 12.6. The Morgan fingerprint density at radius 1 is 1.12 bits per heavy atom. The number of carbonyl (C=O) groups excluding carboxylic acids is 3. The van der Waals surface area contributed by atoms with Crippen LogP contribution in [0.4, 0.5) is 0 Å². The second-order valence-corrected chi connectivity index (χ2v) is 3.01. The molecule has 0 N–H and O–H groups in total. The van der Waals surface area contributed by atoms with E-state index in [4.69, 9.17) is 0 Å². The van der Waals surface area contributed by atoms with Crippen molar-refractivity contribution in [3.8, 4) is 0 Å². The molecule has 0 amide bonds. The average molecular weight is 236 g/mol. The van der Waals surface area contributed by atoms with E-state index in [0.29, 0.717) is 0 Å². The topological polar surface area (TPSA) is 92.7 Å². The fourth-order valence-electron chi connectivity index (χ4n) is 0.689. The van der Waals surface area contributed by atoms with Crippen molar-refractivity contribution in [2.24, 2.45) is 0 Å². The smallest absolute Gasteiger partial charge is 0.550 e. The van der Waals surface area contributed by atoms with Gasteiger partial charge in [-0.2, -0.15) is 0 Å². The van der Waals surface area contributed by atoms with Gasteiger partial charge in [0.1, 0.15) is 13.2 Å². The molecule has 6 nitrogen and oxygen atoms in total. The summed E-state index contributed by atoms with van der Waals surface area (Å²) in [5.74, 6) is -2.55. The minimum atomic E-state index is -1.31. The Hall–Kier alpha value is -1.25. The predicted molar refractivity (Wildman–Crippen MR) is 51.0 cm³/mol. The fourth-order valence-corrected chi connectivity index (χ4v) is 0.689. The minimum Gasteiger partial charge on any atom is -0.550 e. The summed E-state index contributed by atoms with van der Waals surface area (Å²) in [5, 5.41) is 10.0. The molecule has 0 fully saturated rings. The molecule has 0 aliphatic heterocycles. The van der Waals surface area contributed by atoms with Crippen LogP contribution >= 0.6 is 0 Å². The van der Waals surface area contributed by atoms with Crippen molar-refractivity contribution >= 4 is 17.9 Å². The van der Waals surface area contributed by atoms with Gasteiger partial charge in [0.15, 0.2) is 0 Å². The van der Waals surface area contributed by atoms with E-state index in [2.05, 4.69) is 16.1 Å². The Labute approximate surface area is 111 Å². The minimum absolute atomic E-state index is 0. The van der Waals surface area contributed by atoms with E-state index in [1.165, 1.54) is 6.92 Å². The second kappa shape index (κ2) is 9.94. The van der Waals surface area contributed by atoms with Gasteiger partial charge in [-0.1, -0.05) is 6.58 Å². The molecular formula is C10H13LiO6. The first kappa shape index (κ1) is 18.1. The largest absolute Gasteiger partial charge is 1.00 e. The summed E-state index contributed by atoms with van der Waals surface area (Å²) in [6, 6.07) is 0. The van der Waals surface area contributed by atoms with Gasteiger partial charge in [0.05, 0.1) is 6.42 Å². The van der Waals surface area contributed by atoms with Gasteiger partial charge in [-0.15, -0.1) is 0 Å². The maximum Gasteiger partial charge on any atom is 1.00 e. The zero-order valence-corrected chi connectivity index (χ0v) is 9.99. The van der Waals surface area contributed by atoms with E-state index in [9.17, 15) is 19.5 Å². The maximum absolute atomic E-state index is 10.9. The molecule has 0 saturated heterocycles. The van der Waals surface area contributed by atoms with Crippen molar-refractivity contribution in [1.82, 2.24) is 0 Å². The number of ether oxygens (including phenoxy) is 2. The number of carbonyl (C=O) groups is 3. The van der Waals surface area contributed by atoms with Gasteiger partial charge in [0.2, 0.25) is 0 Å². The third kappa shape index (κ3) is 11.0. The van der Waals surface area contributed by atoms with E-state index < -0.39 is 17.9 Å². The van der Waals surface area contributed by atoms with Crippen LogP contribution in [0, 0.1) is 0 Å². The molecule has 0 radical (unpaired) electrons. The van der Waals surface area contributed by atoms with E-state index in [1.54, 1.807) is 0 Å². The first-order valence-electron chi connectivity index (χ1n) is 4.61. The monoisotopic (exact) mass is 236 g/mol.